The first-order chi connectivity index (χ1) is 7.72. The van der Waals surface area contributed by atoms with E-state index in [1.165, 1.54) is 0 Å². The van der Waals surface area contributed by atoms with E-state index in [1.54, 1.807) is 7.11 Å². The Hall–Kier alpha value is -1.10. The zero-order valence-corrected chi connectivity index (χ0v) is 10.1. The Morgan fingerprint density at radius 3 is 2.75 bits per heavy atom. The number of rotatable bonds is 6. The molecule has 4 nitrogen and oxygen atoms in total. The van der Waals surface area contributed by atoms with Crippen molar-refractivity contribution < 1.29 is 9.47 Å². The van der Waals surface area contributed by atoms with E-state index in [0.717, 1.165) is 11.3 Å². The fourth-order valence-corrected chi connectivity index (χ4v) is 1.60. The molecule has 0 fully saturated rings. The predicted molar refractivity (Wildman–Crippen MR) is 64.1 cm³/mol. The lowest BCUT2D eigenvalue weighted by Gasteiger charge is -2.22. The quantitative estimate of drug-likeness (QED) is 0.569. The van der Waals surface area contributed by atoms with E-state index in [1.807, 2.05) is 38.1 Å². The van der Waals surface area contributed by atoms with Gasteiger partial charge < -0.3 is 9.47 Å². The normalized spacial score (nSPS) is 14.5. The zero-order chi connectivity index (χ0) is 12.0. The van der Waals surface area contributed by atoms with E-state index in [0.29, 0.717) is 6.61 Å². The third-order valence-electron chi connectivity index (χ3n) is 2.55. The smallest absolute Gasteiger partial charge is 0.119 e. The minimum absolute atomic E-state index is 0.00174. The lowest BCUT2D eigenvalue weighted by molar-refractivity contribution is 0.0830. The molecule has 0 saturated heterocycles. The van der Waals surface area contributed by atoms with Gasteiger partial charge in [0, 0.05) is 7.11 Å². The molecule has 4 heteroatoms. The number of hydrogen-bond donors (Lipinski definition) is 2. The first kappa shape index (κ1) is 13.0. The Balaban J connectivity index is 2.87. The number of benzene rings is 1. The molecule has 0 spiro atoms. The molecule has 0 radical (unpaired) electrons. The first-order valence-corrected chi connectivity index (χ1v) is 5.44. The highest BCUT2D eigenvalue weighted by Crippen LogP contribution is 2.22. The van der Waals surface area contributed by atoms with Crippen LogP contribution in [0.1, 0.15) is 25.5 Å². The van der Waals surface area contributed by atoms with Gasteiger partial charge >= 0.3 is 0 Å². The molecule has 1 aromatic rings. The van der Waals surface area contributed by atoms with Crippen molar-refractivity contribution in [3.63, 3.8) is 0 Å². The van der Waals surface area contributed by atoms with E-state index in [-0.39, 0.29) is 12.1 Å². The average molecular weight is 224 g/mol. The monoisotopic (exact) mass is 224 g/mol. The molecule has 0 aromatic heterocycles. The van der Waals surface area contributed by atoms with Gasteiger partial charge in [-0.05, 0) is 31.5 Å². The van der Waals surface area contributed by atoms with Crippen LogP contribution in [-0.2, 0) is 4.74 Å². The highest BCUT2D eigenvalue weighted by molar-refractivity contribution is 5.31. The Bertz CT molecular complexity index is 318. The fraction of sp³-hybridized carbons (Fsp3) is 0.500. The molecular weight excluding hydrogens is 204 g/mol. The van der Waals surface area contributed by atoms with Gasteiger partial charge in [0.15, 0.2) is 0 Å². The molecule has 0 aliphatic heterocycles. The second-order valence-corrected chi connectivity index (χ2v) is 3.59. The number of methoxy groups -OCH3 is 1. The van der Waals surface area contributed by atoms with Crippen molar-refractivity contribution in [2.45, 2.75) is 26.0 Å². The van der Waals surface area contributed by atoms with Crippen molar-refractivity contribution in [2.24, 2.45) is 5.84 Å². The van der Waals surface area contributed by atoms with Crippen LogP contribution in [0.4, 0.5) is 0 Å². The Labute approximate surface area is 96.7 Å². The number of ether oxygens (including phenoxy) is 2. The summed E-state index contributed by atoms with van der Waals surface area (Å²) >= 11 is 0. The summed E-state index contributed by atoms with van der Waals surface area (Å²) in [5, 5.41) is 0. The van der Waals surface area contributed by atoms with Crippen LogP contribution >= 0.6 is 0 Å². The van der Waals surface area contributed by atoms with Crippen LogP contribution in [0.3, 0.4) is 0 Å². The lowest BCUT2D eigenvalue weighted by Crippen LogP contribution is -2.36. The van der Waals surface area contributed by atoms with E-state index in [9.17, 15) is 0 Å². The summed E-state index contributed by atoms with van der Waals surface area (Å²) in [6.45, 7) is 4.59. The van der Waals surface area contributed by atoms with E-state index < -0.39 is 0 Å². The summed E-state index contributed by atoms with van der Waals surface area (Å²) in [7, 11) is 1.67. The van der Waals surface area contributed by atoms with Gasteiger partial charge in [-0.3, -0.25) is 11.3 Å². The van der Waals surface area contributed by atoms with Crippen molar-refractivity contribution in [3.05, 3.63) is 29.8 Å². The molecular formula is C12H20N2O2. The number of nitrogens with two attached hydrogens (primary N) is 1. The molecule has 3 N–H and O–H groups in total. The Kier molecular flexibility index (Phi) is 5.25. The van der Waals surface area contributed by atoms with E-state index in [2.05, 4.69) is 5.43 Å². The van der Waals surface area contributed by atoms with E-state index in [4.69, 9.17) is 15.3 Å². The molecule has 1 rings (SSSR count). The molecule has 0 heterocycles. The van der Waals surface area contributed by atoms with Crippen LogP contribution in [0.25, 0.3) is 0 Å². The number of hydrogen-bond acceptors (Lipinski definition) is 4. The van der Waals surface area contributed by atoms with Crippen LogP contribution in [0.15, 0.2) is 24.3 Å². The van der Waals surface area contributed by atoms with Gasteiger partial charge in [0.1, 0.15) is 5.75 Å². The maximum absolute atomic E-state index is 5.53. The second-order valence-electron chi connectivity index (χ2n) is 3.59. The van der Waals surface area contributed by atoms with Gasteiger partial charge in [0.2, 0.25) is 0 Å². The largest absolute Gasteiger partial charge is 0.494 e. The van der Waals surface area contributed by atoms with Crippen LogP contribution in [0.5, 0.6) is 5.75 Å². The van der Waals surface area contributed by atoms with Gasteiger partial charge in [-0.1, -0.05) is 12.1 Å². The third kappa shape index (κ3) is 3.20. The molecule has 0 amide bonds. The number of nitrogens with one attached hydrogen (secondary N) is 1. The third-order valence-corrected chi connectivity index (χ3v) is 2.55. The van der Waals surface area contributed by atoms with Crippen molar-refractivity contribution in [1.29, 1.82) is 0 Å². The van der Waals surface area contributed by atoms with Gasteiger partial charge in [-0.2, -0.15) is 0 Å². The topological polar surface area (TPSA) is 56.5 Å². The van der Waals surface area contributed by atoms with Crippen LogP contribution in [0, 0.1) is 0 Å². The highest BCUT2D eigenvalue weighted by Gasteiger charge is 2.17. The summed E-state index contributed by atoms with van der Waals surface area (Å²) < 4.78 is 10.7. The minimum atomic E-state index is -0.0367. The summed E-state index contributed by atoms with van der Waals surface area (Å²) in [6, 6.07) is 7.82. The molecule has 0 saturated carbocycles. The predicted octanol–water partition coefficient (Wildman–Crippen LogP) is 1.62. The van der Waals surface area contributed by atoms with E-state index >= 15 is 0 Å². The van der Waals surface area contributed by atoms with Crippen molar-refractivity contribution in [3.8, 4) is 5.75 Å². The molecule has 2 atom stereocenters. The lowest BCUT2D eigenvalue weighted by atomic mass is 10.0. The van der Waals surface area contributed by atoms with Gasteiger partial charge in [-0.25, -0.2) is 0 Å². The summed E-state index contributed by atoms with van der Waals surface area (Å²) in [4.78, 5) is 0. The first-order valence-electron chi connectivity index (χ1n) is 5.44. The molecule has 90 valence electrons. The maximum Gasteiger partial charge on any atom is 0.119 e. The molecule has 2 unspecified atom stereocenters. The average Bonchev–Trinajstić information content (AvgIpc) is 2.31. The molecule has 16 heavy (non-hydrogen) atoms. The minimum Gasteiger partial charge on any atom is -0.494 e. The Morgan fingerprint density at radius 1 is 1.44 bits per heavy atom. The maximum atomic E-state index is 5.53. The van der Waals surface area contributed by atoms with Gasteiger partial charge in [-0.15, -0.1) is 0 Å². The van der Waals surface area contributed by atoms with Crippen molar-refractivity contribution in [1.82, 2.24) is 5.43 Å². The number of hydrazine groups is 1. The SMILES string of the molecule is CCOc1cccc(C(NN)C(C)OC)c1. The van der Waals surface area contributed by atoms with Gasteiger partial charge in [0.05, 0.1) is 18.8 Å². The molecule has 0 aliphatic rings. The van der Waals surface area contributed by atoms with Gasteiger partial charge in [0.25, 0.3) is 0 Å². The van der Waals surface area contributed by atoms with Crippen molar-refractivity contribution in [2.75, 3.05) is 13.7 Å². The second kappa shape index (κ2) is 6.48. The highest BCUT2D eigenvalue weighted by atomic mass is 16.5. The van der Waals surface area contributed by atoms with Crippen LogP contribution in [-0.4, -0.2) is 19.8 Å². The molecule has 0 aliphatic carbocycles. The van der Waals surface area contributed by atoms with Crippen molar-refractivity contribution >= 4 is 0 Å². The summed E-state index contributed by atoms with van der Waals surface area (Å²) in [5.41, 5.74) is 3.82. The summed E-state index contributed by atoms with van der Waals surface area (Å²) in [5.74, 6) is 6.39. The zero-order valence-electron chi connectivity index (χ0n) is 10.1. The summed E-state index contributed by atoms with van der Waals surface area (Å²) in [6.07, 6.45) is 0.00174. The standard InChI is InChI=1S/C12H20N2O2/c1-4-16-11-7-5-6-10(8-11)12(14-13)9(2)15-3/h5-9,12,14H,4,13H2,1-3H3. The Morgan fingerprint density at radius 2 is 2.19 bits per heavy atom. The van der Waals surface area contributed by atoms with Crippen LogP contribution < -0.4 is 16.0 Å². The fourth-order valence-electron chi connectivity index (χ4n) is 1.60. The van der Waals surface area contributed by atoms with Crippen LogP contribution in [0.2, 0.25) is 0 Å². The molecule has 0 bridgehead atoms. The molecule has 1 aromatic carbocycles.